The summed E-state index contributed by atoms with van der Waals surface area (Å²) in [7, 11) is 0. The molecule has 0 aliphatic carbocycles. The number of hydrogen-bond donors (Lipinski definition) is 0. The van der Waals surface area contributed by atoms with Gasteiger partial charge in [0.2, 0.25) is 5.89 Å². The predicted octanol–water partition coefficient (Wildman–Crippen LogP) is 1.42. The van der Waals surface area contributed by atoms with Crippen molar-refractivity contribution >= 4 is 0 Å². The fourth-order valence-electron chi connectivity index (χ4n) is 2.50. The lowest BCUT2D eigenvalue weighted by molar-refractivity contribution is 0.0749. The second-order valence-electron chi connectivity index (χ2n) is 6.02. The van der Waals surface area contributed by atoms with Crippen LogP contribution >= 0.6 is 0 Å². The molecule has 0 aromatic carbocycles. The zero-order chi connectivity index (χ0) is 15.1. The van der Waals surface area contributed by atoms with E-state index in [-0.39, 0.29) is 0 Å². The van der Waals surface area contributed by atoms with E-state index in [9.17, 15) is 0 Å². The van der Waals surface area contributed by atoms with Gasteiger partial charge in [0.05, 0.1) is 13.2 Å². The molecule has 2 rings (SSSR count). The zero-order valence-corrected chi connectivity index (χ0v) is 13.5. The minimum Gasteiger partial charge on any atom is -0.380 e. The molecule has 1 aromatic rings. The standard InChI is InChI=1S/C15H28N4O2/c1-4-20-10-9-18-5-7-19(8-6-18)12-15-16-14(17-21-15)11-13(2)3/h13H,4-12H2,1-3H3. The third-order valence-electron chi connectivity index (χ3n) is 3.68. The Bertz CT molecular complexity index is 400. The summed E-state index contributed by atoms with van der Waals surface area (Å²) in [6.07, 6.45) is 0.884. The van der Waals surface area contributed by atoms with E-state index in [2.05, 4.69) is 33.8 Å². The summed E-state index contributed by atoms with van der Waals surface area (Å²) in [6.45, 7) is 14.1. The SMILES string of the molecule is CCOCCN1CCN(Cc2nc(CC(C)C)no2)CC1. The maximum atomic E-state index is 5.40. The smallest absolute Gasteiger partial charge is 0.240 e. The third kappa shape index (κ3) is 5.73. The molecule has 0 bridgehead atoms. The molecule has 1 aliphatic rings. The van der Waals surface area contributed by atoms with Crippen LogP contribution < -0.4 is 0 Å². The molecule has 0 amide bonds. The average Bonchev–Trinajstić information content (AvgIpc) is 2.87. The Morgan fingerprint density at radius 3 is 2.57 bits per heavy atom. The van der Waals surface area contributed by atoms with Crippen LogP contribution in [0.5, 0.6) is 0 Å². The fraction of sp³-hybridized carbons (Fsp3) is 0.867. The topological polar surface area (TPSA) is 54.6 Å². The van der Waals surface area contributed by atoms with Gasteiger partial charge in [-0.05, 0) is 12.8 Å². The van der Waals surface area contributed by atoms with Gasteiger partial charge < -0.3 is 9.26 Å². The Labute approximate surface area is 127 Å². The lowest BCUT2D eigenvalue weighted by Crippen LogP contribution is -2.46. The van der Waals surface area contributed by atoms with Gasteiger partial charge >= 0.3 is 0 Å². The Hall–Kier alpha value is -0.980. The summed E-state index contributed by atoms with van der Waals surface area (Å²) in [5.74, 6) is 2.13. The van der Waals surface area contributed by atoms with Crippen LogP contribution in [0.15, 0.2) is 4.52 Å². The molecule has 0 atom stereocenters. The Morgan fingerprint density at radius 2 is 1.90 bits per heavy atom. The van der Waals surface area contributed by atoms with E-state index < -0.39 is 0 Å². The monoisotopic (exact) mass is 296 g/mol. The van der Waals surface area contributed by atoms with Gasteiger partial charge in [0.25, 0.3) is 0 Å². The van der Waals surface area contributed by atoms with Crippen molar-refractivity contribution in [2.24, 2.45) is 5.92 Å². The Kier molecular flexibility index (Phi) is 6.60. The second kappa shape index (κ2) is 8.46. The first-order valence-electron chi connectivity index (χ1n) is 8.01. The highest BCUT2D eigenvalue weighted by atomic mass is 16.5. The summed E-state index contributed by atoms with van der Waals surface area (Å²) in [6, 6.07) is 0. The minimum absolute atomic E-state index is 0.560. The fourth-order valence-corrected chi connectivity index (χ4v) is 2.50. The van der Waals surface area contributed by atoms with Crippen LogP contribution in [0.1, 0.15) is 32.5 Å². The van der Waals surface area contributed by atoms with Gasteiger partial charge in [0, 0.05) is 45.8 Å². The largest absolute Gasteiger partial charge is 0.380 e. The lowest BCUT2D eigenvalue weighted by atomic mass is 10.1. The molecule has 1 aliphatic heterocycles. The quantitative estimate of drug-likeness (QED) is 0.676. The first-order valence-corrected chi connectivity index (χ1v) is 8.01. The van der Waals surface area contributed by atoms with Crippen molar-refractivity contribution in [2.75, 3.05) is 45.9 Å². The number of hydrogen-bond acceptors (Lipinski definition) is 6. The molecular weight excluding hydrogens is 268 g/mol. The van der Waals surface area contributed by atoms with Crippen LogP contribution in [-0.2, 0) is 17.7 Å². The first kappa shape index (κ1) is 16.4. The molecule has 0 N–H and O–H groups in total. The molecule has 21 heavy (non-hydrogen) atoms. The van der Waals surface area contributed by atoms with Crippen molar-refractivity contribution in [1.82, 2.24) is 19.9 Å². The minimum atomic E-state index is 0.560. The molecular formula is C15H28N4O2. The molecule has 1 fully saturated rings. The molecule has 0 radical (unpaired) electrons. The maximum Gasteiger partial charge on any atom is 0.240 e. The number of aromatic nitrogens is 2. The molecule has 6 heteroatoms. The normalized spacial score (nSPS) is 17.7. The van der Waals surface area contributed by atoms with Crippen molar-refractivity contribution in [3.05, 3.63) is 11.7 Å². The predicted molar refractivity (Wildman–Crippen MR) is 81.1 cm³/mol. The van der Waals surface area contributed by atoms with Crippen molar-refractivity contribution < 1.29 is 9.26 Å². The van der Waals surface area contributed by atoms with Gasteiger partial charge in [0.15, 0.2) is 5.82 Å². The first-order chi connectivity index (χ1) is 10.2. The number of piperazine rings is 1. The zero-order valence-electron chi connectivity index (χ0n) is 13.5. The lowest BCUT2D eigenvalue weighted by Gasteiger charge is -2.33. The van der Waals surface area contributed by atoms with Crippen LogP contribution in [0.3, 0.4) is 0 Å². The van der Waals surface area contributed by atoms with Crippen molar-refractivity contribution in [2.45, 2.75) is 33.7 Å². The van der Waals surface area contributed by atoms with E-state index in [1.54, 1.807) is 0 Å². The van der Waals surface area contributed by atoms with Gasteiger partial charge in [-0.25, -0.2) is 0 Å². The summed E-state index contributed by atoms with van der Waals surface area (Å²) in [5.41, 5.74) is 0. The van der Waals surface area contributed by atoms with Crippen LogP contribution in [0.2, 0.25) is 0 Å². The molecule has 0 unspecified atom stereocenters. The van der Waals surface area contributed by atoms with E-state index in [0.29, 0.717) is 5.92 Å². The summed E-state index contributed by atoms with van der Waals surface area (Å²) >= 11 is 0. The van der Waals surface area contributed by atoms with Crippen LogP contribution in [0.4, 0.5) is 0 Å². The molecule has 1 aromatic heterocycles. The van der Waals surface area contributed by atoms with E-state index >= 15 is 0 Å². The van der Waals surface area contributed by atoms with Crippen LogP contribution in [0, 0.1) is 5.92 Å². The molecule has 6 nitrogen and oxygen atoms in total. The highest BCUT2D eigenvalue weighted by molar-refractivity contribution is 4.88. The highest BCUT2D eigenvalue weighted by Gasteiger charge is 2.19. The molecule has 0 saturated carbocycles. The van der Waals surface area contributed by atoms with Gasteiger partial charge in [0.1, 0.15) is 0 Å². The maximum absolute atomic E-state index is 5.40. The van der Waals surface area contributed by atoms with Gasteiger partial charge in [-0.2, -0.15) is 4.98 Å². The summed E-state index contributed by atoms with van der Waals surface area (Å²) in [4.78, 5) is 9.30. The van der Waals surface area contributed by atoms with E-state index in [1.807, 2.05) is 6.92 Å². The summed E-state index contributed by atoms with van der Waals surface area (Å²) < 4.78 is 10.7. The molecule has 0 spiro atoms. The van der Waals surface area contributed by atoms with Gasteiger partial charge in [-0.1, -0.05) is 19.0 Å². The molecule has 120 valence electrons. The highest BCUT2D eigenvalue weighted by Crippen LogP contribution is 2.09. The molecule has 1 saturated heterocycles. The van der Waals surface area contributed by atoms with Gasteiger partial charge in [-0.3, -0.25) is 9.80 Å². The number of nitrogens with zero attached hydrogens (tertiary/aromatic N) is 4. The summed E-state index contributed by atoms with van der Waals surface area (Å²) in [5, 5.41) is 4.05. The Morgan fingerprint density at radius 1 is 1.19 bits per heavy atom. The van der Waals surface area contributed by atoms with Crippen LogP contribution in [0.25, 0.3) is 0 Å². The van der Waals surface area contributed by atoms with Gasteiger partial charge in [-0.15, -0.1) is 0 Å². The van der Waals surface area contributed by atoms with E-state index in [4.69, 9.17) is 9.26 Å². The van der Waals surface area contributed by atoms with E-state index in [1.165, 1.54) is 0 Å². The number of ether oxygens (including phenoxy) is 1. The third-order valence-corrected chi connectivity index (χ3v) is 3.68. The van der Waals surface area contributed by atoms with Crippen molar-refractivity contribution in [1.29, 1.82) is 0 Å². The average molecular weight is 296 g/mol. The second-order valence-corrected chi connectivity index (χ2v) is 6.02. The molecule has 2 heterocycles. The Balaban J connectivity index is 1.69. The van der Waals surface area contributed by atoms with Crippen molar-refractivity contribution in [3.63, 3.8) is 0 Å². The van der Waals surface area contributed by atoms with Crippen molar-refractivity contribution in [3.8, 4) is 0 Å². The number of rotatable bonds is 8. The van der Waals surface area contributed by atoms with E-state index in [0.717, 1.165) is 70.6 Å². The van der Waals surface area contributed by atoms with Crippen LogP contribution in [-0.4, -0.2) is 65.9 Å².